The van der Waals surface area contributed by atoms with Gasteiger partial charge in [0.15, 0.2) is 28.2 Å². The first-order valence-corrected chi connectivity index (χ1v) is 12.8. The second-order valence-corrected chi connectivity index (χ2v) is 9.99. The third kappa shape index (κ3) is 4.18. The molecule has 0 atom stereocenters. The third-order valence-electron chi connectivity index (χ3n) is 6.15. The molecule has 0 aliphatic heterocycles. The van der Waals surface area contributed by atoms with Crippen LogP contribution in [0.4, 0.5) is 23.2 Å². The summed E-state index contributed by atoms with van der Waals surface area (Å²) in [7, 11) is -5.74. The van der Waals surface area contributed by atoms with E-state index in [2.05, 4.69) is 18.5 Å². The summed E-state index contributed by atoms with van der Waals surface area (Å²) in [5.74, 6) is -11.0. The highest BCUT2D eigenvalue weighted by Gasteiger charge is 2.37. The lowest BCUT2D eigenvalue weighted by atomic mass is 10.0. The number of hydrogen-bond donors (Lipinski definition) is 1. The fraction of sp³-hybridized carbons (Fsp3) is 0. The molecule has 0 unspecified atom stereocenters. The van der Waals surface area contributed by atoms with Gasteiger partial charge in [0.05, 0.1) is 10.7 Å². The summed E-state index contributed by atoms with van der Waals surface area (Å²) < 4.78 is 90.6. The second-order valence-electron chi connectivity index (χ2n) is 8.52. The van der Waals surface area contributed by atoms with Crippen molar-refractivity contribution in [2.24, 2.45) is 0 Å². The van der Waals surface area contributed by atoms with E-state index in [9.17, 15) is 26.8 Å². The normalized spacial score (nSPS) is 11.6. The van der Waals surface area contributed by atoms with Crippen molar-refractivity contribution in [2.75, 3.05) is 5.32 Å². The van der Waals surface area contributed by atoms with Crippen LogP contribution in [0, 0.1) is 23.3 Å². The quantitative estimate of drug-likeness (QED) is 0.240. The Kier molecular flexibility index (Phi) is 6.42. The molecule has 12 heteroatoms. The first kappa shape index (κ1) is 26.6. The van der Waals surface area contributed by atoms with Gasteiger partial charge in [-0.1, -0.05) is 61.7 Å². The van der Waals surface area contributed by atoms with Crippen molar-refractivity contribution in [3.8, 4) is 0 Å². The number of pyridine rings is 1. The van der Waals surface area contributed by atoms with Gasteiger partial charge in [-0.25, -0.2) is 17.6 Å². The summed E-state index contributed by atoms with van der Waals surface area (Å²) in [5, 5.41) is 3.08. The van der Waals surface area contributed by atoms with Crippen molar-refractivity contribution < 1.29 is 35.1 Å². The molecule has 0 aliphatic rings. The van der Waals surface area contributed by atoms with Gasteiger partial charge in [0, 0.05) is 16.5 Å². The predicted octanol–water partition coefficient (Wildman–Crippen LogP) is 4.55. The Balaban J connectivity index is 1.59. The highest BCUT2D eigenvalue weighted by Crippen LogP contribution is 2.29. The molecule has 0 saturated heterocycles. The Morgan fingerprint density at radius 1 is 0.875 bits per heavy atom. The largest absolute Gasteiger partial charge is 0.363 e. The molecular formula is C28H16F4N2O5S. The van der Waals surface area contributed by atoms with Crippen LogP contribution in [0.2, 0.25) is 0 Å². The summed E-state index contributed by atoms with van der Waals surface area (Å²) in [6, 6.07) is 15.0. The molecule has 1 N–H and O–H groups in total. The van der Waals surface area contributed by atoms with E-state index in [4.69, 9.17) is 4.28 Å². The molecule has 5 rings (SSSR count). The summed E-state index contributed by atoms with van der Waals surface area (Å²) in [4.78, 5) is 23.4. The number of anilines is 1. The molecule has 4 aromatic carbocycles. The molecule has 0 fully saturated rings. The van der Waals surface area contributed by atoms with E-state index < -0.39 is 55.3 Å². The number of halogens is 4. The Morgan fingerprint density at radius 2 is 1.45 bits per heavy atom. The highest BCUT2D eigenvalue weighted by molar-refractivity contribution is 7.87. The lowest BCUT2D eigenvalue weighted by Gasteiger charge is -2.15. The number of aromatic nitrogens is 1. The maximum absolute atomic E-state index is 15.0. The number of hydrogen-bond acceptors (Lipinski definition) is 5. The standard InChI is InChI=1S/C28H16F4N2O5S/c1-3-15-10-12-17(13-11-15)33-27(35)21-22(29)24(31)26(25(32)23(21)30)40(37,38)39-34-14(2)18-8-4-6-16-7-5-9-19(20(16)18)28(34)36/h3-13H,1-2H2,(H,33,35). The zero-order valence-electron chi connectivity index (χ0n) is 20.2. The van der Waals surface area contributed by atoms with Crippen molar-refractivity contribution in [3.63, 3.8) is 0 Å². The molecule has 40 heavy (non-hydrogen) atoms. The Hall–Kier alpha value is -4.97. The fourth-order valence-electron chi connectivity index (χ4n) is 4.24. The zero-order valence-corrected chi connectivity index (χ0v) is 21.0. The molecular weight excluding hydrogens is 552 g/mol. The first-order chi connectivity index (χ1) is 19.0. The van der Waals surface area contributed by atoms with Gasteiger partial charge in [-0.3, -0.25) is 13.9 Å². The number of nitrogens with one attached hydrogen (secondary N) is 1. The van der Waals surface area contributed by atoms with Crippen LogP contribution < -0.4 is 20.5 Å². The van der Waals surface area contributed by atoms with Gasteiger partial charge in [0.25, 0.3) is 11.5 Å². The summed E-state index contributed by atoms with van der Waals surface area (Å²) in [6.07, 6.45) is 1.49. The van der Waals surface area contributed by atoms with Crippen LogP contribution in [0.15, 0.2) is 76.9 Å². The lowest BCUT2D eigenvalue weighted by Crippen LogP contribution is -2.41. The smallest absolute Gasteiger partial charge is 0.322 e. The first-order valence-electron chi connectivity index (χ1n) is 11.4. The van der Waals surface area contributed by atoms with Crippen molar-refractivity contribution in [2.45, 2.75) is 4.90 Å². The summed E-state index contributed by atoms with van der Waals surface area (Å²) in [5.41, 5.74) is -2.09. The van der Waals surface area contributed by atoms with Crippen LogP contribution in [-0.4, -0.2) is 19.1 Å². The van der Waals surface area contributed by atoms with Crippen LogP contribution in [0.1, 0.15) is 15.9 Å². The van der Waals surface area contributed by atoms with Gasteiger partial charge < -0.3 is 5.32 Å². The number of benzene rings is 4. The summed E-state index contributed by atoms with van der Waals surface area (Å²) >= 11 is 0. The van der Waals surface area contributed by atoms with Gasteiger partial charge >= 0.3 is 10.1 Å². The van der Waals surface area contributed by atoms with E-state index in [-0.39, 0.29) is 26.5 Å². The van der Waals surface area contributed by atoms with Crippen LogP contribution in [0.3, 0.4) is 0 Å². The van der Waals surface area contributed by atoms with E-state index in [1.54, 1.807) is 18.2 Å². The van der Waals surface area contributed by atoms with Crippen molar-refractivity contribution >= 4 is 55.9 Å². The van der Waals surface area contributed by atoms with E-state index in [1.165, 1.54) is 48.5 Å². The Morgan fingerprint density at radius 3 is 2.02 bits per heavy atom. The number of nitrogens with zero attached hydrogens (tertiary/aromatic N) is 1. The van der Waals surface area contributed by atoms with Gasteiger partial charge in [-0.15, -0.1) is 4.73 Å². The maximum atomic E-state index is 15.0. The van der Waals surface area contributed by atoms with Gasteiger partial charge in [0.2, 0.25) is 0 Å². The minimum Gasteiger partial charge on any atom is -0.322 e. The third-order valence-corrected chi connectivity index (χ3v) is 7.36. The molecule has 1 heterocycles. The van der Waals surface area contributed by atoms with E-state index in [1.807, 2.05) is 0 Å². The van der Waals surface area contributed by atoms with Crippen LogP contribution in [-0.2, 0) is 10.1 Å². The lowest BCUT2D eigenvalue weighted by molar-refractivity contribution is 0.101. The molecule has 1 amide bonds. The van der Waals surface area contributed by atoms with Gasteiger partial charge in [0.1, 0.15) is 5.56 Å². The van der Waals surface area contributed by atoms with Crippen molar-refractivity contribution in [1.82, 2.24) is 4.73 Å². The van der Waals surface area contributed by atoms with E-state index in [0.717, 1.165) is 0 Å². The number of rotatable bonds is 6. The van der Waals surface area contributed by atoms with Gasteiger partial charge in [-0.2, -0.15) is 8.42 Å². The highest BCUT2D eigenvalue weighted by atomic mass is 32.2. The molecule has 0 saturated carbocycles. The molecule has 5 aromatic rings. The van der Waals surface area contributed by atoms with Crippen molar-refractivity contribution in [3.05, 3.63) is 117 Å². The Labute approximate surface area is 223 Å². The van der Waals surface area contributed by atoms with Crippen LogP contribution in [0.25, 0.3) is 34.2 Å². The average Bonchev–Trinajstić information content (AvgIpc) is 2.93. The molecule has 0 aliphatic carbocycles. The molecule has 7 nitrogen and oxygen atoms in total. The molecule has 1 aromatic heterocycles. The maximum Gasteiger partial charge on any atom is 0.363 e. The zero-order chi connectivity index (χ0) is 28.9. The predicted molar refractivity (Wildman–Crippen MR) is 141 cm³/mol. The average molecular weight is 569 g/mol. The SMILES string of the molecule is C=Cc1ccc(NC(=O)c2c(F)c(F)c(S(=O)(=O)On3c(=C)c4cccc5cccc(c3=O)c54)c(F)c2F)cc1. The van der Waals surface area contributed by atoms with E-state index >= 15 is 8.78 Å². The minimum atomic E-state index is -5.74. The number of amides is 1. The molecule has 0 bridgehead atoms. The topological polar surface area (TPSA) is 94.5 Å². The molecule has 0 spiro atoms. The number of carbonyl (C=O) groups excluding carboxylic acids is 1. The van der Waals surface area contributed by atoms with Gasteiger partial charge in [-0.05, 0) is 29.1 Å². The summed E-state index contributed by atoms with van der Waals surface area (Å²) in [6.45, 7) is 7.19. The fourth-order valence-corrected chi connectivity index (χ4v) is 5.29. The molecule has 0 radical (unpaired) electrons. The minimum absolute atomic E-state index is 0.0119. The van der Waals surface area contributed by atoms with E-state index in [0.29, 0.717) is 16.3 Å². The number of carbonyl (C=O) groups is 1. The van der Waals surface area contributed by atoms with Crippen LogP contribution in [0.5, 0.6) is 0 Å². The van der Waals surface area contributed by atoms with Crippen LogP contribution >= 0.6 is 0 Å². The Bertz CT molecular complexity index is 2000. The monoisotopic (exact) mass is 568 g/mol. The van der Waals surface area contributed by atoms with Crippen molar-refractivity contribution in [1.29, 1.82) is 0 Å². The second kappa shape index (κ2) is 9.65. The molecule has 202 valence electrons.